The molecule has 0 aromatic rings. The van der Waals surface area contributed by atoms with Crippen molar-refractivity contribution in [2.45, 2.75) is 46.5 Å². The van der Waals surface area contributed by atoms with Crippen molar-refractivity contribution in [1.82, 2.24) is 5.32 Å². The van der Waals surface area contributed by atoms with Gasteiger partial charge in [-0.15, -0.1) is 0 Å². The first-order valence-electron chi connectivity index (χ1n) is 6.51. The third-order valence-electron chi connectivity index (χ3n) is 3.04. The monoisotopic (exact) mass is 244 g/mol. The molecular weight excluding hydrogens is 216 g/mol. The van der Waals surface area contributed by atoms with Crippen molar-refractivity contribution in [1.29, 1.82) is 0 Å². The molecule has 0 fully saturated rings. The SMILES string of the molecule is CC(CCCN)C(=O)NCC(C)(C)CCCO. The molecular formula is C13H28N2O2. The highest BCUT2D eigenvalue weighted by Gasteiger charge is 2.20. The predicted octanol–water partition coefficient (Wildman–Crippen LogP) is 1.28. The Morgan fingerprint density at radius 2 is 2.06 bits per heavy atom. The molecule has 0 aromatic heterocycles. The lowest BCUT2D eigenvalue weighted by molar-refractivity contribution is -0.125. The molecule has 0 radical (unpaired) electrons. The van der Waals surface area contributed by atoms with Gasteiger partial charge in [0.1, 0.15) is 0 Å². The number of hydrogen-bond donors (Lipinski definition) is 3. The Morgan fingerprint density at radius 1 is 1.41 bits per heavy atom. The maximum Gasteiger partial charge on any atom is 0.222 e. The number of rotatable bonds is 9. The Labute approximate surface area is 105 Å². The average molecular weight is 244 g/mol. The summed E-state index contributed by atoms with van der Waals surface area (Å²) in [6, 6.07) is 0. The summed E-state index contributed by atoms with van der Waals surface area (Å²) in [5.41, 5.74) is 5.47. The molecule has 0 aromatic carbocycles. The zero-order chi connectivity index (χ0) is 13.3. The van der Waals surface area contributed by atoms with Gasteiger partial charge < -0.3 is 16.2 Å². The Bertz CT molecular complexity index is 217. The van der Waals surface area contributed by atoms with Crippen LogP contribution in [0, 0.1) is 11.3 Å². The first-order valence-corrected chi connectivity index (χ1v) is 6.51. The standard InChI is InChI=1S/C13H28N2O2/c1-11(6-4-8-14)12(17)15-10-13(2,3)7-5-9-16/h11,16H,4-10,14H2,1-3H3,(H,15,17). The van der Waals surface area contributed by atoms with Crippen molar-refractivity contribution in [3.63, 3.8) is 0 Å². The third kappa shape index (κ3) is 8.16. The predicted molar refractivity (Wildman–Crippen MR) is 70.6 cm³/mol. The Kier molecular flexibility index (Phi) is 8.17. The van der Waals surface area contributed by atoms with Gasteiger partial charge in [0.2, 0.25) is 5.91 Å². The third-order valence-corrected chi connectivity index (χ3v) is 3.04. The van der Waals surface area contributed by atoms with Crippen molar-refractivity contribution < 1.29 is 9.90 Å². The first kappa shape index (κ1) is 16.4. The summed E-state index contributed by atoms with van der Waals surface area (Å²) in [7, 11) is 0. The number of carbonyl (C=O) groups excluding carboxylic acids is 1. The molecule has 17 heavy (non-hydrogen) atoms. The first-order chi connectivity index (χ1) is 7.93. The molecule has 1 unspecified atom stereocenters. The summed E-state index contributed by atoms with van der Waals surface area (Å²) in [6.45, 7) is 7.66. The summed E-state index contributed by atoms with van der Waals surface area (Å²) >= 11 is 0. The van der Waals surface area contributed by atoms with E-state index in [1.54, 1.807) is 0 Å². The number of hydrogen-bond acceptors (Lipinski definition) is 3. The highest BCUT2D eigenvalue weighted by atomic mass is 16.2. The van der Waals surface area contributed by atoms with Gasteiger partial charge in [0.05, 0.1) is 0 Å². The fraction of sp³-hybridized carbons (Fsp3) is 0.923. The molecule has 0 spiro atoms. The summed E-state index contributed by atoms with van der Waals surface area (Å²) < 4.78 is 0. The van der Waals surface area contributed by atoms with Crippen LogP contribution in [0.3, 0.4) is 0 Å². The van der Waals surface area contributed by atoms with E-state index in [0.29, 0.717) is 13.1 Å². The van der Waals surface area contributed by atoms with Gasteiger partial charge in [0.25, 0.3) is 0 Å². The van der Waals surface area contributed by atoms with E-state index in [9.17, 15) is 4.79 Å². The molecule has 1 atom stereocenters. The van der Waals surface area contributed by atoms with Gasteiger partial charge >= 0.3 is 0 Å². The van der Waals surface area contributed by atoms with E-state index in [4.69, 9.17) is 10.8 Å². The molecule has 0 aliphatic carbocycles. The van der Waals surface area contributed by atoms with Crippen LogP contribution in [0.2, 0.25) is 0 Å². The largest absolute Gasteiger partial charge is 0.396 e. The van der Waals surface area contributed by atoms with Crippen LogP contribution in [0.1, 0.15) is 46.5 Å². The lowest BCUT2D eigenvalue weighted by Crippen LogP contribution is -2.37. The Hall–Kier alpha value is -0.610. The molecule has 0 saturated heterocycles. The van der Waals surface area contributed by atoms with E-state index < -0.39 is 0 Å². The molecule has 4 heteroatoms. The van der Waals surface area contributed by atoms with Crippen LogP contribution in [-0.4, -0.2) is 30.7 Å². The molecule has 4 N–H and O–H groups in total. The topological polar surface area (TPSA) is 75.4 Å². The van der Waals surface area contributed by atoms with Gasteiger partial charge in [-0.2, -0.15) is 0 Å². The second-order valence-electron chi connectivity index (χ2n) is 5.54. The summed E-state index contributed by atoms with van der Waals surface area (Å²) in [5, 5.41) is 11.8. The molecule has 1 amide bonds. The van der Waals surface area contributed by atoms with Gasteiger partial charge in [-0.1, -0.05) is 20.8 Å². The minimum Gasteiger partial charge on any atom is -0.396 e. The number of carbonyl (C=O) groups is 1. The van der Waals surface area contributed by atoms with Crippen molar-refractivity contribution in [3.05, 3.63) is 0 Å². The minimum absolute atomic E-state index is 0.0344. The van der Waals surface area contributed by atoms with Crippen molar-refractivity contribution in [2.75, 3.05) is 19.7 Å². The van der Waals surface area contributed by atoms with E-state index in [2.05, 4.69) is 19.2 Å². The van der Waals surface area contributed by atoms with Crippen molar-refractivity contribution in [3.8, 4) is 0 Å². The number of nitrogens with one attached hydrogen (secondary N) is 1. The minimum atomic E-state index is 0.0344. The molecule has 0 bridgehead atoms. The molecule has 0 aliphatic heterocycles. The fourth-order valence-corrected chi connectivity index (χ4v) is 1.70. The Morgan fingerprint density at radius 3 is 2.59 bits per heavy atom. The summed E-state index contributed by atoms with van der Waals surface area (Å²) in [5.74, 6) is 0.141. The lowest BCUT2D eigenvalue weighted by atomic mass is 9.87. The van der Waals surface area contributed by atoms with Gasteiger partial charge in [-0.3, -0.25) is 4.79 Å². The average Bonchev–Trinajstić information content (AvgIpc) is 2.30. The van der Waals surface area contributed by atoms with Crippen molar-refractivity contribution >= 4 is 5.91 Å². The van der Waals surface area contributed by atoms with Crippen LogP contribution in [0.5, 0.6) is 0 Å². The fourth-order valence-electron chi connectivity index (χ4n) is 1.70. The molecule has 4 nitrogen and oxygen atoms in total. The van der Waals surface area contributed by atoms with Gasteiger partial charge in [-0.25, -0.2) is 0 Å². The van der Waals surface area contributed by atoms with Crippen LogP contribution < -0.4 is 11.1 Å². The lowest BCUT2D eigenvalue weighted by Gasteiger charge is -2.25. The normalized spacial score (nSPS) is 13.5. The van der Waals surface area contributed by atoms with E-state index in [1.165, 1.54) is 0 Å². The van der Waals surface area contributed by atoms with Crippen molar-refractivity contribution in [2.24, 2.45) is 17.1 Å². The summed E-state index contributed by atoms with van der Waals surface area (Å²) in [4.78, 5) is 11.8. The van der Waals surface area contributed by atoms with E-state index in [0.717, 1.165) is 25.7 Å². The summed E-state index contributed by atoms with van der Waals surface area (Å²) in [6.07, 6.45) is 3.44. The zero-order valence-corrected chi connectivity index (χ0v) is 11.5. The maximum absolute atomic E-state index is 11.8. The number of aliphatic hydroxyl groups is 1. The van der Waals surface area contributed by atoms with Crippen LogP contribution in [-0.2, 0) is 4.79 Å². The van der Waals surface area contributed by atoms with Crippen LogP contribution in [0.15, 0.2) is 0 Å². The highest BCUT2D eigenvalue weighted by Crippen LogP contribution is 2.21. The smallest absolute Gasteiger partial charge is 0.222 e. The second kappa shape index (κ2) is 8.48. The quantitative estimate of drug-likeness (QED) is 0.572. The maximum atomic E-state index is 11.8. The van der Waals surface area contributed by atoms with Crippen LogP contribution >= 0.6 is 0 Å². The number of aliphatic hydroxyl groups excluding tert-OH is 1. The van der Waals surface area contributed by atoms with Crippen LogP contribution in [0.4, 0.5) is 0 Å². The molecule has 0 heterocycles. The van der Waals surface area contributed by atoms with E-state index in [-0.39, 0.29) is 23.8 Å². The molecule has 102 valence electrons. The van der Waals surface area contributed by atoms with Crippen LogP contribution in [0.25, 0.3) is 0 Å². The highest BCUT2D eigenvalue weighted by molar-refractivity contribution is 5.78. The van der Waals surface area contributed by atoms with Gasteiger partial charge in [-0.05, 0) is 37.6 Å². The molecule has 0 aliphatic rings. The zero-order valence-electron chi connectivity index (χ0n) is 11.5. The van der Waals surface area contributed by atoms with Gasteiger partial charge in [0, 0.05) is 19.1 Å². The van der Waals surface area contributed by atoms with E-state index >= 15 is 0 Å². The van der Waals surface area contributed by atoms with E-state index in [1.807, 2.05) is 6.92 Å². The second-order valence-corrected chi connectivity index (χ2v) is 5.54. The number of amides is 1. The number of nitrogens with two attached hydrogens (primary N) is 1. The molecule has 0 saturated carbocycles. The van der Waals surface area contributed by atoms with Gasteiger partial charge in [0.15, 0.2) is 0 Å². The molecule has 0 rings (SSSR count). The Balaban J connectivity index is 3.88.